The Kier molecular flexibility index (Phi) is 4.46. The highest BCUT2D eigenvalue weighted by molar-refractivity contribution is 5.66. The van der Waals surface area contributed by atoms with Crippen molar-refractivity contribution in [3.05, 3.63) is 59.2 Å². The smallest absolute Gasteiger partial charge is 0.0787 e. The second-order valence-electron chi connectivity index (χ2n) is 5.36. The molecule has 0 radical (unpaired) electrons. The zero-order chi connectivity index (χ0) is 14.7. The normalized spacial score (nSPS) is 12.2. The van der Waals surface area contributed by atoms with E-state index in [0.717, 1.165) is 17.7 Å². The molecule has 0 aromatic heterocycles. The number of aliphatic hydroxyl groups excluding tert-OH is 1. The summed E-state index contributed by atoms with van der Waals surface area (Å²) >= 11 is 0. The van der Waals surface area contributed by atoms with Gasteiger partial charge < -0.3 is 10.0 Å². The molecule has 0 spiro atoms. The van der Waals surface area contributed by atoms with Crippen molar-refractivity contribution >= 4 is 11.4 Å². The van der Waals surface area contributed by atoms with Gasteiger partial charge in [0.25, 0.3) is 0 Å². The second kappa shape index (κ2) is 6.10. The zero-order valence-electron chi connectivity index (χ0n) is 12.7. The van der Waals surface area contributed by atoms with Gasteiger partial charge in [-0.05, 0) is 49.6 Å². The molecular weight excluding hydrogens is 246 g/mol. The van der Waals surface area contributed by atoms with E-state index in [2.05, 4.69) is 56.1 Å². The SMILES string of the molecule is CC[C@H](O)c1ccc(N(C)c2ccc(C)cc2C)cc1. The topological polar surface area (TPSA) is 23.5 Å². The average Bonchev–Trinajstić information content (AvgIpc) is 2.46. The van der Waals surface area contributed by atoms with Crippen molar-refractivity contribution in [1.29, 1.82) is 0 Å². The highest BCUT2D eigenvalue weighted by atomic mass is 16.3. The van der Waals surface area contributed by atoms with Crippen molar-refractivity contribution in [1.82, 2.24) is 0 Å². The molecule has 2 rings (SSSR count). The number of nitrogens with zero attached hydrogens (tertiary/aromatic N) is 1. The van der Waals surface area contributed by atoms with Gasteiger partial charge in [-0.2, -0.15) is 0 Å². The molecule has 0 aliphatic carbocycles. The fourth-order valence-electron chi connectivity index (χ4n) is 2.48. The monoisotopic (exact) mass is 269 g/mol. The van der Waals surface area contributed by atoms with Gasteiger partial charge in [0.15, 0.2) is 0 Å². The van der Waals surface area contributed by atoms with Crippen LogP contribution in [0.5, 0.6) is 0 Å². The quantitative estimate of drug-likeness (QED) is 0.882. The molecule has 2 heteroatoms. The molecule has 0 heterocycles. The predicted molar refractivity (Wildman–Crippen MR) is 85.7 cm³/mol. The summed E-state index contributed by atoms with van der Waals surface area (Å²) in [5, 5.41) is 9.84. The first-order valence-electron chi connectivity index (χ1n) is 7.12. The average molecular weight is 269 g/mol. The zero-order valence-corrected chi connectivity index (χ0v) is 12.7. The van der Waals surface area contributed by atoms with Gasteiger partial charge in [0.2, 0.25) is 0 Å². The molecule has 20 heavy (non-hydrogen) atoms. The van der Waals surface area contributed by atoms with E-state index in [9.17, 15) is 5.11 Å². The molecule has 1 N–H and O–H groups in total. The number of anilines is 2. The number of hydrogen-bond donors (Lipinski definition) is 1. The summed E-state index contributed by atoms with van der Waals surface area (Å²) in [7, 11) is 2.07. The molecule has 0 unspecified atom stereocenters. The van der Waals surface area contributed by atoms with Crippen LogP contribution < -0.4 is 4.90 Å². The Morgan fingerprint density at radius 2 is 1.70 bits per heavy atom. The molecule has 106 valence electrons. The van der Waals surface area contributed by atoms with E-state index in [0.29, 0.717) is 0 Å². The maximum atomic E-state index is 9.84. The van der Waals surface area contributed by atoms with Crippen molar-refractivity contribution in [2.75, 3.05) is 11.9 Å². The van der Waals surface area contributed by atoms with Crippen LogP contribution in [0.15, 0.2) is 42.5 Å². The van der Waals surface area contributed by atoms with E-state index in [1.54, 1.807) is 0 Å². The number of aryl methyl sites for hydroxylation is 2. The van der Waals surface area contributed by atoms with Gasteiger partial charge in [0.1, 0.15) is 0 Å². The van der Waals surface area contributed by atoms with E-state index in [1.165, 1.54) is 16.8 Å². The Morgan fingerprint density at radius 1 is 1.05 bits per heavy atom. The third-order valence-corrected chi connectivity index (χ3v) is 3.77. The Labute approximate surface area is 121 Å². The highest BCUT2D eigenvalue weighted by Crippen LogP contribution is 2.28. The number of aliphatic hydroxyl groups is 1. The minimum absolute atomic E-state index is 0.365. The third kappa shape index (κ3) is 3.02. The number of rotatable bonds is 4. The number of hydrogen-bond acceptors (Lipinski definition) is 2. The molecule has 0 aliphatic heterocycles. The standard InChI is InChI=1S/C18H23NO/c1-5-18(20)15-7-9-16(10-8-15)19(4)17-11-6-13(2)12-14(17)3/h6-12,18,20H,5H2,1-4H3/t18-/m0/s1. The molecule has 1 atom stereocenters. The summed E-state index contributed by atoms with van der Waals surface area (Å²) in [5.74, 6) is 0. The van der Waals surface area contributed by atoms with E-state index in [-0.39, 0.29) is 6.10 Å². The van der Waals surface area contributed by atoms with Crippen molar-refractivity contribution in [3.63, 3.8) is 0 Å². The lowest BCUT2D eigenvalue weighted by Gasteiger charge is -2.22. The second-order valence-corrected chi connectivity index (χ2v) is 5.36. The van der Waals surface area contributed by atoms with E-state index in [1.807, 2.05) is 19.1 Å². The van der Waals surface area contributed by atoms with Crippen LogP contribution in [0.2, 0.25) is 0 Å². The molecule has 2 aromatic carbocycles. The first-order valence-corrected chi connectivity index (χ1v) is 7.12. The van der Waals surface area contributed by atoms with Gasteiger partial charge in [-0.25, -0.2) is 0 Å². The van der Waals surface area contributed by atoms with Gasteiger partial charge in [0, 0.05) is 18.4 Å². The van der Waals surface area contributed by atoms with Crippen LogP contribution >= 0.6 is 0 Å². The van der Waals surface area contributed by atoms with Crippen LogP contribution in [0.3, 0.4) is 0 Å². The van der Waals surface area contributed by atoms with Gasteiger partial charge >= 0.3 is 0 Å². The lowest BCUT2D eigenvalue weighted by atomic mass is 10.1. The first-order chi connectivity index (χ1) is 9.52. The fourth-order valence-corrected chi connectivity index (χ4v) is 2.48. The van der Waals surface area contributed by atoms with Crippen LogP contribution in [0.4, 0.5) is 11.4 Å². The van der Waals surface area contributed by atoms with E-state index >= 15 is 0 Å². The Balaban J connectivity index is 2.26. The minimum Gasteiger partial charge on any atom is -0.388 e. The van der Waals surface area contributed by atoms with Crippen LogP contribution in [0.1, 0.15) is 36.1 Å². The van der Waals surface area contributed by atoms with Gasteiger partial charge in [-0.15, -0.1) is 0 Å². The maximum absolute atomic E-state index is 9.84. The molecule has 0 saturated carbocycles. The maximum Gasteiger partial charge on any atom is 0.0787 e. The van der Waals surface area contributed by atoms with Gasteiger partial charge in [-0.1, -0.05) is 36.8 Å². The Bertz CT molecular complexity index is 574. The number of benzene rings is 2. The van der Waals surface area contributed by atoms with Crippen LogP contribution in [-0.2, 0) is 0 Å². The van der Waals surface area contributed by atoms with Crippen LogP contribution in [0, 0.1) is 13.8 Å². The summed E-state index contributed by atoms with van der Waals surface area (Å²) in [6, 6.07) is 14.6. The van der Waals surface area contributed by atoms with Gasteiger partial charge in [-0.3, -0.25) is 0 Å². The van der Waals surface area contributed by atoms with Crippen molar-refractivity contribution in [2.45, 2.75) is 33.3 Å². The summed E-state index contributed by atoms with van der Waals surface area (Å²) in [6.07, 6.45) is 0.377. The molecule has 0 bridgehead atoms. The van der Waals surface area contributed by atoms with E-state index in [4.69, 9.17) is 0 Å². The van der Waals surface area contributed by atoms with Gasteiger partial charge in [0.05, 0.1) is 6.10 Å². The minimum atomic E-state index is -0.365. The molecular formula is C18H23NO. The summed E-state index contributed by atoms with van der Waals surface area (Å²) in [4.78, 5) is 2.18. The molecule has 0 fully saturated rings. The first kappa shape index (κ1) is 14.6. The highest BCUT2D eigenvalue weighted by Gasteiger charge is 2.09. The van der Waals surface area contributed by atoms with Crippen LogP contribution in [0.25, 0.3) is 0 Å². The fraction of sp³-hybridized carbons (Fsp3) is 0.333. The summed E-state index contributed by atoms with van der Waals surface area (Å²) < 4.78 is 0. The largest absolute Gasteiger partial charge is 0.388 e. The lowest BCUT2D eigenvalue weighted by Crippen LogP contribution is -2.11. The Hall–Kier alpha value is -1.80. The summed E-state index contributed by atoms with van der Waals surface area (Å²) in [5.41, 5.74) is 5.86. The molecule has 0 amide bonds. The predicted octanol–water partition coefficient (Wildman–Crippen LogP) is 4.51. The third-order valence-electron chi connectivity index (χ3n) is 3.77. The van der Waals surface area contributed by atoms with E-state index < -0.39 is 0 Å². The molecule has 0 aliphatic rings. The summed E-state index contributed by atoms with van der Waals surface area (Å²) in [6.45, 7) is 6.23. The van der Waals surface area contributed by atoms with Crippen molar-refractivity contribution in [3.8, 4) is 0 Å². The Morgan fingerprint density at radius 3 is 2.25 bits per heavy atom. The molecule has 2 aromatic rings. The van der Waals surface area contributed by atoms with Crippen molar-refractivity contribution < 1.29 is 5.11 Å². The molecule has 2 nitrogen and oxygen atoms in total. The molecule has 0 saturated heterocycles. The van der Waals surface area contributed by atoms with Crippen LogP contribution in [-0.4, -0.2) is 12.2 Å². The van der Waals surface area contributed by atoms with Crippen molar-refractivity contribution in [2.24, 2.45) is 0 Å². The lowest BCUT2D eigenvalue weighted by molar-refractivity contribution is 0.173.